The second-order valence-electron chi connectivity index (χ2n) is 3.68. The van der Waals surface area contributed by atoms with Gasteiger partial charge in [0.15, 0.2) is 6.04 Å². The molecule has 2 unspecified atom stereocenters. The Bertz CT molecular complexity index is 442. The summed E-state index contributed by atoms with van der Waals surface area (Å²) in [5.41, 5.74) is 0.555. The van der Waals surface area contributed by atoms with Crippen LogP contribution >= 0.6 is 11.3 Å². The van der Waals surface area contributed by atoms with Crippen molar-refractivity contribution in [1.29, 1.82) is 0 Å². The fourth-order valence-corrected chi connectivity index (χ4v) is 2.16. The van der Waals surface area contributed by atoms with E-state index in [2.05, 4.69) is 10.3 Å². The van der Waals surface area contributed by atoms with E-state index in [1.807, 2.05) is 0 Å². The van der Waals surface area contributed by atoms with E-state index in [1.165, 1.54) is 18.3 Å². The van der Waals surface area contributed by atoms with Crippen LogP contribution < -0.4 is 5.32 Å². The van der Waals surface area contributed by atoms with Gasteiger partial charge in [-0.1, -0.05) is 0 Å². The van der Waals surface area contributed by atoms with E-state index in [-0.39, 0.29) is 0 Å². The number of carboxylic acid groups (broad SMARTS) is 1. The zero-order valence-electron chi connectivity index (χ0n) is 9.72. The molecule has 0 aromatic carbocycles. The van der Waals surface area contributed by atoms with Gasteiger partial charge in [0.2, 0.25) is 0 Å². The second-order valence-corrected chi connectivity index (χ2v) is 4.88. The predicted octanol–water partition coefficient (Wildman–Crippen LogP) is 0.324. The van der Waals surface area contributed by atoms with Gasteiger partial charge in [-0.2, -0.15) is 0 Å². The lowest BCUT2D eigenvalue weighted by Gasteiger charge is -2.16. The van der Waals surface area contributed by atoms with Crippen molar-refractivity contribution in [3.8, 4) is 0 Å². The van der Waals surface area contributed by atoms with Gasteiger partial charge >= 0.3 is 5.97 Å². The number of aromatic nitrogens is 1. The molecule has 0 radical (unpaired) electrons. The molecule has 0 bridgehead atoms. The zero-order chi connectivity index (χ0) is 13.2. The number of carboxylic acids is 1. The van der Waals surface area contributed by atoms with Crippen LogP contribution in [0.25, 0.3) is 0 Å². The molecule has 0 aliphatic carbocycles. The van der Waals surface area contributed by atoms with E-state index >= 15 is 0 Å². The summed E-state index contributed by atoms with van der Waals surface area (Å²) in [5, 5.41) is 21.1. The zero-order valence-corrected chi connectivity index (χ0v) is 10.5. The number of nitrogens with one attached hydrogen (secondary N) is 1. The maximum absolute atomic E-state index is 11.8. The maximum Gasteiger partial charge on any atom is 0.328 e. The van der Waals surface area contributed by atoms with E-state index in [4.69, 9.17) is 5.11 Å². The number of aryl methyl sites for hydroxylation is 2. The molecule has 1 rings (SSSR count). The van der Waals surface area contributed by atoms with Crippen LogP contribution in [0, 0.1) is 13.8 Å². The molecule has 0 fully saturated rings. The molecule has 0 saturated heterocycles. The van der Waals surface area contributed by atoms with Crippen molar-refractivity contribution in [3.05, 3.63) is 15.6 Å². The van der Waals surface area contributed by atoms with Crippen molar-refractivity contribution in [2.75, 3.05) is 0 Å². The molecule has 1 heterocycles. The third-order valence-corrected chi connectivity index (χ3v) is 3.22. The van der Waals surface area contributed by atoms with Gasteiger partial charge < -0.3 is 15.5 Å². The number of rotatable bonds is 4. The van der Waals surface area contributed by atoms with E-state index in [0.717, 1.165) is 5.01 Å². The average molecular weight is 258 g/mol. The van der Waals surface area contributed by atoms with E-state index in [1.54, 1.807) is 13.8 Å². The first-order chi connectivity index (χ1) is 7.82. The number of thiazole rings is 1. The van der Waals surface area contributed by atoms with Gasteiger partial charge in [-0.05, 0) is 20.8 Å². The molecule has 1 aromatic rings. The van der Waals surface area contributed by atoms with Crippen LogP contribution in [-0.4, -0.2) is 39.2 Å². The van der Waals surface area contributed by atoms with Gasteiger partial charge in [0.1, 0.15) is 4.88 Å². The van der Waals surface area contributed by atoms with Gasteiger partial charge in [0.25, 0.3) is 5.91 Å². The fraction of sp³-hybridized carbons (Fsp3) is 0.500. The molecular weight excluding hydrogens is 244 g/mol. The van der Waals surface area contributed by atoms with E-state index < -0.39 is 24.0 Å². The van der Waals surface area contributed by atoms with Crippen LogP contribution in [0.2, 0.25) is 0 Å². The van der Waals surface area contributed by atoms with Gasteiger partial charge in [0.05, 0.1) is 16.8 Å². The normalized spacial score (nSPS) is 14.1. The largest absolute Gasteiger partial charge is 0.480 e. The summed E-state index contributed by atoms with van der Waals surface area (Å²) < 4.78 is 0. The summed E-state index contributed by atoms with van der Waals surface area (Å²) >= 11 is 1.19. The standard InChI is InChI=1S/C10H14N2O4S/c1-4-8(17-6(3)11-4)9(14)12-7(5(2)13)10(15)16/h5,7,13H,1-3H3,(H,12,14)(H,15,16). The lowest BCUT2D eigenvalue weighted by atomic mass is 10.2. The smallest absolute Gasteiger partial charge is 0.328 e. The molecule has 6 nitrogen and oxygen atoms in total. The van der Waals surface area contributed by atoms with Gasteiger partial charge in [-0.25, -0.2) is 9.78 Å². The van der Waals surface area contributed by atoms with Crippen LogP contribution in [0.4, 0.5) is 0 Å². The SMILES string of the molecule is Cc1nc(C)c(C(=O)NC(C(=O)O)C(C)O)s1. The van der Waals surface area contributed by atoms with Crippen molar-refractivity contribution >= 4 is 23.2 Å². The predicted molar refractivity (Wildman–Crippen MR) is 62.2 cm³/mol. The Labute approximate surface area is 102 Å². The Morgan fingerprint density at radius 1 is 1.41 bits per heavy atom. The first kappa shape index (κ1) is 13.6. The van der Waals surface area contributed by atoms with Crippen LogP contribution in [0.5, 0.6) is 0 Å². The Kier molecular flexibility index (Phi) is 4.19. The molecular formula is C10H14N2O4S. The Morgan fingerprint density at radius 2 is 2.00 bits per heavy atom. The Morgan fingerprint density at radius 3 is 2.35 bits per heavy atom. The summed E-state index contributed by atoms with van der Waals surface area (Å²) in [4.78, 5) is 27.0. The van der Waals surface area contributed by atoms with Crippen molar-refractivity contribution in [2.24, 2.45) is 0 Å². The summed E-state index contributed by atoms with van der Waals surface area (Å²) in [7, 11) is 0. The molecule has 3 N–H and O–H groups in total. The van der Waals surface area contributed by atoms with E-state index in [9.17, 15) is 14.7 Å². The Balaban J connectivity index is 2.85. The minimum atomic E-state index is -1.32. The second kappa shape index (κ2) is 5.24. The Hall–Kier alpha value is -1.47. The number of nitrogens with zero attached hydrogens (tertiary/aromatic N) is 1. The summed E-state index contributed by atoms with van der Waals surface area (Å²) in [6.45, 7) is 4.75. The van der Waals surface area contributed by atoms with Crippen molar-refractivity contribution < 1.29 is 19.8 Å². The summed E-state index contributed by atoms with van der Waals surface area (Å²) in [6.07, 6.45) is -1.16. The molecule has 17 heavy (non-hydrogen) atoms. The minimum absolute atomic E-state index is 0.370. The molecule has 0 spiro atoms. The number of hydrogen-bond acceptors (Lipinski definition) is 5. The van der Waals surface area contributed by atoms with Gasteiger partial charge in [-0.3, -0.25) is 4.79 Å². The molecule has 1 amide bonds. The highest BCUT2D eigenvalue weighted by molar-refractivity contribution is 7.13. The lowest BCUT2D eigenvalue weighted by Crippen LogP contribution is -2.47. The van der Waals surface area contributed by atoms with Crippen LogP contribution in [0.1, 0.15) is 27.3 Å². The molecule has 7 heteroatoms. The first-order valence-electron chi connectivity index (χ1n) is 4.98. The van der Waals surface area contributed by atoms with Crippen LogP contribution in [0.3, 0.4) is 0 Å². The lowest BCUT2D eigenvalue weighted by molar-refractivity contribution is -0.141. The topological polar surface area (TPSA) is 99.5 Å². The highest BCUT2D eigenvalue weighted by atomic mass is 32.1. The molecule has 1 aromatic heterocycles. The molecule has 0 saturated carbocycles. The number of carbonyl (C=O) groups excluding carboxylic acids is 1. The van der Waals surface area contributed by atoms with Crippen molar-refractivity contribution in [3.63, 3.8) is 0 Å². The number of hydrogen-bond donors (Lipinski definition) is 3. The van der Waals surface area contributed by atoms with Crippen LogP contribution in [-0.2, 0) is 4.79 Å². The van der Waals surface area contributed by atoms with Crippen molar-refractivity contribution in [1.82, 2.24) is 10.3 Å². The highest BCUT2D eigenvalue weighted by Crippen LogP contribution is 2.17. The third-order valence-electron chi connectivity index (χ3n) is 2.14. The van der Waals surface area contributed by atoms with Crippen molar-refractivity contribution in [2.45, 2.75) is 32.9 Å². The first-order valence-corrected chi connectivity index (χ1v) is 5.80. The molecule has 94 valence electrons. The molecule has 0 aliphatic heterocycles. The number of amides is 1. The summed E-state index contributed by atoms with van der Waals surface area (Å²) in [5.74, 6) is -1.80. The maximum atomic E-state index is 11.8. The molecule has 2 atom stereocenters. The van der Waals surface area contributed by atoms with Gasteiger partial charge in [0, 0.05) is 0 Å². The van der Waals surface area contributed by atoms with Gasteiger partial charge in [-0.15, -0.1) is 11.3 Å². The highest BCUT2D eigenvalue weighted by Gasteiger charge is 2.26. The summed E-state index contributed by atoms with van der Waals surface area (Å²) in [6, 6.07) is -1.32. The average Bonchev–Trinajstić information content (AvgIpc) is 2.53. The quantitative estimate of drug-likeness (QED) is 0.722. The number of aliphatic carboxylic acids is 1. The van der Waals surface area contributed by atoms with E-state index in [0.29, 0.717) is 10.6 Å². The molecule has 0 aliphatic rings. The number of aliphatic hydroxyl groups excluding tert-OH is 1. The third kappa shape index (κ3) is 3.24. The number of aliphatic hydroxyl groups is 1. The monoisotopic (exact) mass is 258 g/mol. The number of carbonyl (C=O) groups is 2. The van der Waals surface area contributed by atoms with Crippen LogP contribution in [0.15, 0.2) is 0 Å². The minimum Gasteiger partial charge on any atom is -0.480 e. The fourth-order valence-electron chi connectivity index (χ4n) is 1.34.